The van der Waals surface area contributed by atoms with E-state index >= 15 is 0 Å². The normalized spacial score (nSPS) is 14.2. The molecule has 1 amide bonds. The van der Waals surface area contributed by atoms with Gasteiger partial charge in [0.2, 0.25) is 0 Å². The molecule has 1 aromatic heterocycles. The molecule has 0 unspecified atom stereocenters. The number of rotatable bonds is 6. The molecule has 1 aliphatic heterocycles. The van der Waals surface area contributed by atoms with Gasteiger partial charge in [0.1, 0.15) is 23.7 Å². The van der Waals surface area contributed by atoms with Crippen LogP contribution in [-0.4, -0.2) is 34.2 Å². The van der Waals surface area contributed by atoms with Crippen LogP contribution < -0.4 is 4.74 Å². The highest BCUT2D eigenvalue weighted by atomic mass is 16.5. The lowest BCUT2D eigenvalue weighted by molar-refractivity contribution is 0.0730. The number of hydrogen-bond acceptors (Lipinski definition) is 5. The number of aliphatic hydroxyl groups excluding tert-OH is 1. The van der Waals surface area contributed by atoms with Gasteiger partial charge in [0.05, 0.1) is 18.3 Å². The molecule has 4 aromatic rings. The van der Waals surface area contributed by atoms with Crippen LogP contribution in [0, 0.1) is 6.92 Å². The number of ether oxygens (including phenoxy) is 1. The molecule has 0 fully saturated rings. The Hall–Kier alpha value is -3.90. The summed E-state index contributed by atoms with van der Waals surface area (Å²) in [7, 11) is 0. The van der Waals surface area contributed by atoms with Crippen molar-refractivity contribution >= 4 is 5.91 Å². The fourth-order valence-electron chi connectivity index (χ4n) is 4.93. The topological polar surface area (TPSA) is 75.8 Å². The summed E-state index contributed by atoms with van der Waals surface area (Å²) in [6.07, 6.45) is -0.157. The SMILES string of the molecule is CCc1noc(C)c1C(=O)N1CCOc2ccc([C@@H](O)C(c3ccccc3)c3ccccc3)cc2C1. The summed E-state index contributed by atoms with van der Waals surface area (Å²) in [5, 5.41) is 15.7. The van der Waals surface area contributed by atoms with Crippen molar-refractivity contribution < 1.29 is 19.2 Å². The molecule has 1 atom stereocenters. The van der Waals surface area contributed by atoms with Gasteiger partial charge in [-0.1, -0.05) is 78.8 Å². The minimum atomic E-state index is -0.778. The molecule has 1 N–H and O–H groups in total. The highest BCUT2D eigenvalue weighted by Crippen LogP contribution is 2.38. The zero-order valence-electron chi connectivity index (χ0n) is 20.6. The number of benzene rings is 3. The van der Waals surface area contributed by atoms with Crippen LogP contribution in [0.25, 0.3) is 0 Å². The Morgan fingerprint density at radius 3 is 2.31 bits per heavy atom. The molecule has 3 aromatic carbocycles. The van der Waals surface area contributed by atoms with Gasteiger partial charge in [-0.25, -0.2) is 0 Å². The third kappa shape index (κ3) is 4.64. The van der Waals surface area contributed by atoms with E-state index in [2.05, 4.69) is 5.16 Å². The molecule has 0 saturated heterocycles. The second kappa shape index (κ2) is 10.4. The van der Waals surface area contributed by atoms with Gasteiger partial charge in [-0.2, -0.15) is 0 Å². The second-order valence-electron chi connectivity index (χ2n) is 9.10. The summed E-state index contributed by atoms with van der Waals surface area (Å²) in [6, 6.07) is 25.9. The minimum absolute atomic E-state index is 0.112. The van der Waals surface area contributed by atoms with E-state index in [9.17, 15) is 9.90 Å². The fourth-order valence-corrected chi connectivity index (χ4v) is 4.93. The maximum atomic E-state index is 13.4. The van der Waals surface area contributed by atoms with Crippen molar-refractivity contribution in [3.8, 4) is 5.75 Å². The van der Waals surface area contributed by atoms with Gasteiger partial charge in [0, 0.05) is 18.0 Å². The Morgan fingerprint density at radius 1 is 1.00 bits per heavy atom. The zero-order chi connectivity index (χ0) is 25.1. The summed E-state index contributed by atoms with van der Waals surface area (Å²) in [6.45, 7) is 4.95. The minimum Gasteiger partial charge on any atom is -0.491 e. The van der Waals surface area contributed by atoms with E-state index in [1.54, 1.807) is 11.8 Å². The number of aryl methyl sites for hydroxylation is 2. The molecule has 0 aliphatic carbocycles. The van der Waals surface area contributed by atoms with Crippen molar-refractivity contribution in [2.24, 2.45) is 0 Å². The maximum Gasteiger partial charge on any atom is 0.259 e. The number of hydrogen-bond donors (Lipinski definition) is 1. The maximum absolute atomic E-state index is 13.4. The molecule has 184 valence electrons. The average molecular weight is 483 g/mol. The number of fused-ring (bicyclic) bond motifs is 1. The lowest BCUT2D eigenvalue weighted by atomic mass is 9.83. The Labute approximate surface area is 211 Å². The monoisotopic (exact) mass is 482 g/mol. The number of aromatic nitrogens is 1. The second-order valence-corrected chi connectivity index (χ2v) is 9.10. The van der Waals surface area contributed by atoms with Crippen LogP contribution in [-0.2, 0) is 13.0 Å². The van der Waals surface area contributed by atoms with Gasteiger partial charge < -0.3 is 19.3 Å². The number of amides is 1. The fraction of sp³-hybridized carbons (Fsp3) is 0.267. The van der Waals surface area contributed by atoms with Crippen LogP contribution in [0.3, 0.4) is 0 Å². The highest BCUT2D eigenvalue weighted by Gasteiger charge is 2.29. The third-order valence-corrected chi connectivity index (χ3v) is 6.81. The Balaban J connectivity index is 1.47. The van der Waals surface area contributed by atoms with E-state index in [0.29, 0.717) is 43.1 Å². The summed E-state index contributed by atoms with van der Waals surface area (Å²) >= 11 is 0. The summed E-state index contributed by atoms with van der Waals surface area (Å²) in [5.74, 6) is 0.913. The van der Waals surface area contributed by atoms with Gasteiger partial charge in [-0.3, -0.25) is 4.79 Å². The van der Waals surface area contributed by atoms with Gasteiger partial charge in [0.25, 0.3) is 5.91 Å². The van der Waals surface area contributed by atoms with E-state index in [1.807, 2.05) is 85.8 Å². The molecule has 0 saturated carbocycles. The molecule has 0 spiro atoms. The van der Waals surface area contributed by atoms with Crippen molar-refractivity contribution in [1.82, 2.24) is 10.1 Å². The van der Waals surface area contributed by atoms with Crippen molar-refractivity contribution in [2.75, 3.05) is 13.2 Å². The van der Waals surface area contributed by atoms with Gasteiger partial charge in [-0.05, 0) is 42.2 Å². The smallest absolute Gasteiger partial charge is 0.259 e. The molecule has 0 bridgehead atoms. The van der Waals surface area contributed by atoms with Gasteiger partial charge >= 0.3 is 0 Å². The summed E-state index contributed by atoms with van der Waals surface area (Å²) < 4.78 is 11.3. The van der Waals surface area contributed by atoms with Crippen LogP contribution in [0.15, 0.2) is 83.4 Å². The van der Waals surface area contributed by atoms with Gasteiger partial charge in [-0.15, -0.1) is 0 Å². The molecule has 0 radical (unpaired) electrons. The molecule has 6 heteroatoms. The molecule has 5 rings (SSSR count). The largest absolute Gasteiger partial charge is 0.491 e. The Kier molecular flexibility index (Phi) is 6.87. The van der Waals surface area contributed by atoms with E-state index in [0.717, 1.165) is 28.0 Å². The number of aliphatic hydroxyl groups is 1. The van der Waals surface area contributed by atoms with E-state index in [-0.39, 0.29) is 11.8 Å². The summed E-state index contributed by atoms with van der Waals surface area (Å²) in [5.41, 5.74) is 4.92. The highest BCUT2D eigenvalue weighted by molar-refractivity contribution is 5.96. The molecular formula is C30H30N2O4. The number of carbonyl (C=O) groups is 1. The van der Waals surface area contributed by atoms with Crippen molar-refractivity contribution in [3.05, 3.63) is 118 Å². The Bertz CT molecular complexity index is 1290. The van der Waals surface area contributed by atoms with E-state index in [1.165, 1.54) is 0 Å². The predicted molar refractivity (Wildman–Crippen MR) is 137 cm³/mol. The molecule has 1 aliphatic rings. The van der Waals surface area contributed by atoms with Crippen LogP contribution in [0.1, 0.15) is 63.0 Å². The molecule has 6 nitrogen and oxygen atoms in total. The van der Waals surface area contributed by atoms with Crippen molar-refractivity contribution in [3.63, 3.8) is 0 Å². The summed E-state index contributed by atoms with van der Waals surface area (Å²) in [4.78, 5) is 15.2. The quantitative estimate of drug-likeness (QED) is 0.396. The predicted octanol–water partition coefficient (Wildman–Crippen LogP) is 5.45. The first-order chi connectivity index (χ1) is 17.6. The van der Waals surface area contributed by atoms with E-state index < -0.39 is 6.10 Å². The first-order valence-electron chi connectivity index (χ1n) is 12.3. The molecular weight excluding hydrogens is 452 g/mol. The molecule has 2 heterocycles. The molecule has 36 heavy (non-hydrogen) atoms. The lowest BCUT2D eigenvalue weighted by Crippen LogP contribution is -2.33. The van der Waals surface area contributed by atoms with Gasteiger partial charge in [0.15, 0.2) is 0 Å². The number of carbonyl (C=O) groups excluding carboxylic acids is 1. The van der Waals surface area contributed by atoms with Crippen LogP contribution >= 0.6 is 0 Å². The van der Waals surface area contributed by atoms with Crippen LogP contribution in [0.2, 0.25) is 0 Å². The lowest BCUT2D eigenvalue weighted by Gasteiger charge is -2.25. The van der Waals surface area contributed by atoms with Crippen LogP contribution in [0.5, 0.6) is 5.75 Å². The average Bonchev–Trinajstić information content (AvgIpc) is 3.16. The first kappa shape index (κ1) is 23.8. The van der Waals surface area contributed by atoms with Crippen molar-refractivity contribution in [2.45, 2.75) is 38.8 Å². The third-order valence-electron chi connectivity index (χ3n) is 6.81. The van der Waals surface area contributed by atoms with Crippen molar-refractivity contribution in [1.29, 1.82) is 0 Å². The van der Waals surface area contributed by atoms with E-state index in [4.69, 9.17) is 9.26 Å². The van der Waals surface area contributed by atoms with Crippen LogP contribution in [0.4, 0.5) is 0 Å². The number of nitrogens with zero attached hydrogens (tertiary/aromatic N) is 2. The Morgan fingerprint density at radius 2 is 1.67 bits per heavy atom. The first-order valence-corrected chi connectivity index (χ1v) is 12.3. The zero-order valence-corrected chi connectivity index (χ0v) is 20.6. The standard InChI is InChI=1S/C30H30N2O4/c1-3-25-27(20(2)36-31-25)30(34)32-16-17-35-26-15-14-23(18-24(26)19-32)29(33)28(21-10-6-4-7-11-21)22-12-8-5-9-13-22/h4-15,18,28-29,33H,3,16-17,19H2,1-2H3/t29-/m1/s1.